The molecule has 1 saturated heterocycles. The van der Waals surface area contributed by atoms with E-state index < -0.39 is 0 Å². The number of thiazole rings is 1. The summed E-state index contributed by atoms with van der Waals surface area (Å²) >= 11 is 7.44. The van der Waals surface area contributed by atoms with E-state index in [0.29, 0.717) is 29.7 Å². The molecule has 0 bridgehead atoms. The number of amides is 1. The molecule has 1 unspecified atom stereocenters. The van der Waals surface area contributed by atoms with Gasteiger partial charge in [0.25, 0.3) is 0 Å². The lowest BCUT2D eigenvalue weighted by Crippen LogP contribution is -2.39. The fraction of sp³-hybridized carbons (Fsp3) is 0.533. The van der Waals surface area contributed by atoms with Gasteiger partial charge in [-0.3, -0.25) is 4.79 Å². The van der Waals surface area contributed by atoms with Crippen molar-refractivity contribution < 1.29 is 9.32 Å². The van der Waals surface area contributed by atoms with Gasteiger partial charge < -0.3 is 9.42 Å². The Morgan fingerprint density at radius 1 is 1.59 bits per heavy atom. The van der Waals surface area contributed by atoms with Crippen LogP contribution in [-0.4, -0.2) is 34.0 Å². The van der Waals surface area contributed by atoms with Gasteiger partial charge in [0.2, 0.25) is 5.91 Å². The van der Waals surface area contributed by atoms with Crippen LogP contribution in [0.15, 0.2) is 16.8 Å². The van der Waals surface area contributed by atoms with Crippen molar-refractivity contribution in [1.29, 1.82) is 0 Å². The average molecular weight is 340 g/mol. The maximum Gasteiger partial charge on any atom is 0.223 e. The standard InChI is InChI=1S/C15H18ClN3O2S/c1-10-8-17-15(22-10)11-3-2-6-19(9-11)14(20)5-4-12-7-13(16)18-21-12/h7-8,11H,2-6,9H2,1H3. The summed E-state index contributed by atoms with van der Waals surface area (Å²) in [5, 5.41) is 5.10. The van der Waals surface area contributed by atoms with Crippen LogP contribution < -0.4 is 0 Å². The van der Waals surface area contributed by atoms with E-state index in [1.807, 2.05) is 11.1 Å². The number of aryl methyl sites for hydroxylation is 2. The number of rotatable bonds is 4. The summed E-state index contributed by atoms with van der Waals surface area (Å²) in [6.45, 7) is 3.66. The second kappa shape index (κ2) is 6.79. The van der Waals surface area contributed by atoms with Gasteiger partial charge in [-0.25, -0.2) is 4.98 Å². The molecule has 2 aromatic heterocycles. The number of halogens is 1. The minimum Gasteiger partial charge on any atom is -0.360 e. The summed E-state index contributed by atoms with van der Waals surface area (Å²) in [4.78, 5) is 20.0. The molecule has 5 nitrogen and oxygen atoms in total. The number of nitrogens with zero attached hydrogens (tertiary/aromatic N) is 3. The number of carbonyl (C=O) groups excluding carboxylic acids is 1. The molecule has 1 fully saturated rings. The zero-order chi connectivity index (χ0) is 15.5. The third-order valence-corrected chi connectivity index (χ3v) is 5.13. The van der Waals surface area contributed by atoms with Gasteiger partial charge in [-0.15, -0.1) is 11.3 Å². The second-order valence-electron chi connectivity index (χ2n) is 5.60. The first kappa shape index (κ1) is 15.5. The fourth-order valence-electron chi connectivity index (χ4n) is 2.76. The van der Waals surface area contributed by atoms with E-state index >= 15 is 0 Å². The van der Waals surface area contributed by atoms with E-state index in [2.05, 4.69) is 17.1 Å². The molecular formula is C15H18ClN3O2S. The Labute approximate surface area is 138 Å². The third-order valence-electron chi connectivity index (χ3n) is 3.88. The molecule has 0 spiro atoms. The molecule has 3 heterocycles. The van der Waals surface area contributed by atoms with Crippen LogP contribution in [0.5, 0.6) is 0 Å². The molecule has 118 valence electrons. The summed E-state index contributed by atoms with van der Waals surface area (Å²) in [6.07, 6.45) is 5.01. The summed E-state index contributed by atoms with van der Waals surface area (Å²) in [5.74, 6) is 1.18. The fourth-order valence-corrected chi connectivity index (χ4v) is 3.82. The van der Waals surface area contributed by atoms with Gasteiger partial charge in [0, 0.05) is 49.0 Å². The highest BCUT2D eigenvalue weighted by atomic mass is 35.5. The first-order chi connectivity index (χ1) is 10.6. The molecule has 0 saturated carbocycles. The normalized spacial score (nSPS) is 18.6. The van der Waals surface area contributed by atoms with Crippen LogP contribution in [0, 0.1) is 6.92 Å². The predicted molar refractivity (Wildman–Crippen MR) is 85.2 cm³/mol. The van der Waals surface area contributed by atoms with Crippen molar-refractivity contribution in [3.8, 4) is 0 Å². The molecule has 0 aliphatic carbocycles. The molecule has 0 radical (unpaired) electrons. The van der Waals surface area contributed by atoms with E-state index in [1.165, 1.54) is 4.88 Å². The van der Waals surface area contributed by atoms with E-state index in [9.17, 15) is 4.79 Å². The van der Waals surface area contributed by atoms with Crippen molar-refractivity contribution in [1.82, 2.24) is 15.0 Å². The number of carbonyl (C=O) groups is 1. The average Bonchev–Trinajstić information content (AvgIpc) is 3.13. The van der Waals surface area contributed by atoms with Gasteiger partial charge in [0.1, 0.15) is 5.76 Å². The van der Waals surface area contributed by atoms with Crippen molar-refractivity contribution in [2.24, 2.45) is 0 Å². The van der Waals surface area contributed by atoms with E-state index in [1.54, 1.807) is 17.4 Å². The van der Waals surface area contributed by atoms with Crippen molar-refractivity contribution >= 4 is 28.8 Å². The minimum absolute atomic E-state index is 0.158. The lowest BCUT2D eigenvalue weighted by Gasteiger charge is -2.31. The van der Waals surface area contributed by atoms with Crippen LogP contribution in [0.2, 0.25) is 5.15 Å². The van der Waals surface area contributed by atoms with Crippen LogP contribution in [-0.2, 0) is 11.2 Å². The first-order valence-corrected chi connectivity index (χ1v) is 8.62. The second-order valence-corrected chi connectivity index (χ2v) is 7.26. The predicted octanol–water partition coefficient (Wildman–Crippen LogP) is 3.43. The molecule has 1 atom stereocenters. The molecule has 2 aromatic rings. The number of hydrogen-bond donors (Lipinski definition) is 0. The van der Waals surface area contributed by atoms with E-state index in [4.69, 9.17) is 16.1 Å². The Balaban J connectivity index is 1.55. The molecule has 1 aliphatic rings. The zero-order valence-electron chi connectivity index (χ0n) is 12.4. The number of aromatic nitrogens is 2. The van der Waals surface area contributed by atoms with E-state index in [-0.39, 0.29) is 5.91 Å². The molecule has 0 aromatic carbocycles. The van der Waals surface area contributed by atoms with Crippen molar-refractivity contribution in [2.75, 3.05) is 13.1 Å². The van der Waals surface area contributed by atoms with Gasteiger partial charge >= 0.3 is 0 Å². The first-order valence-electron chi connectivity index (χ1n) is 7.43. The maximum atomic E-state index is 12.4. The van der Waals surface area contributed by atoms with Crippen molar-refractivity contribution in [2.45, 2.75) is 38.5 Å². The Morgan fingerprint density at radius 3 is 3.14 bits per heavy atom. The smallest absolute Gasteiger partial charge is 0.223 e. The molecular weight excluding hydrogens is 322 g/mol. The summed E-state index contributed by atoms with van der Waals surface area (Å²) in [6, 6.07) is 1.66. The van der Waals surface area contributed by atoms with Crippen LogP contribution >= 0.6 is 22.9 Å². The van der Waals surface area contributed by atoms with Gasteiger partial charge in [-0.1, -0.05) is 16.8 Å². The molecule has 7 heteroatoms. The SMILES string of the molecule is Cc1cnc(C2CCCN(C(=O)CCc3cc(Cl)no3)C2)s1. The monoisotopic (exact) mass is 339 g/mol. The lowest BCUT2D eigenvalue weighted by atomic mass is 9.98. The van der Waals surface area contributed by atoms with Gasteiger partial charge in [0.15, 0.2) is 5.15 Å². The minimum atomic E-state index is 0.158. The molecule has 1 aliphatic heterocycles. The van der Waals surface area contributed by atoms with Gasteiger partial charge in [-0.05, 0) is 19.8 Å². The Bertz CT molecular complexity index is 655. The zero-order valence-corrected chi connectivity index (χ0v) is 14.0. The summed E-state index contributed by atoms with van der Waals surface area (Å²) in [7, 11) is 0. The highest BCUT2D eigenvalue weighted by Gasteiger charge is 2.26. The largest absolute Gasteiger partial charge is 0.360 e. The number of piperidine rings is 1. The van der Waals surface area contributed by atoms with Crippen LogP contribution in [0.3, 0.4) is 0 Å². The number of likely N-dealkylation sites (tertiary alicyclic amines) is 1. The van der Waals surface area contributed by atoms with Crippen LogP contribution in [0.1, 0.15) is 40.8 Å². The van der Waals surface area contributed by atoms with Crippen molar-refractivity contribution in [3.05, 3.63) is 33.1 Å². The molecule has 3 rings (SSSR count). The quantitative estimate of drug-likeness (QED) is 0.856. The van der Waals surface area contributed by atoms with Gasteiger partial charge in [0.05, 0.1) is 5.01 Å². The van der Waals surface area contributed by atoms with Crippen LogP contribution in [0.25, 0.3) is 0 Å². The van der Waals surface area contributed by atoms with E-state index in [0.717, 1.165) is 30.9 Å². The lowest BCUT2D eigenvalue weighted by molar-refractivity contribution is -0.132. The third kappa shape index (κ3) is 3.67. The summed E-state index contributed by atoms with van der Waals surface area (Å²) < 4.78 is 5.03. The van der Waals surface area contributed by atoms with Crippen molar-refractivity contribution in [3.63, 3.8) is 0 Å². The number of hydrogen-bond acceptors (Lipinski definition) is 5. The van der Waals surface area contributed by atoms with Gasteiger partial charge in [-0.2, -0.15) is 0 Å². The molecule has 22 heavy (non-hydrogen) atoms. The topological polar surface area (TPSA) is 59.2 Å². The Hall–Kier alpha value is -1.40. The maximum absolute atomic E-state index is 12.4. The Kier molecular flexibility index (Phi) is 4.78. The Morgan fingerprint density at radius 2 is 2.45 bits per heavy atom. The molecule has 1 amide bonds. The highest BCUT2D eigenvalue weighted by Crippen LogP contribution is 2.30. The highest BCUT2D eigenvalue weighted by molar-refractivity contribution is 7.11. The molecule has 0 N–H and O–H groups in total. The van der Waals surface area contributed by atoms with Crippen LogP contribution in [0.4, 0.5) is 0 Å². The summed E-state index contributed by atoms with van der Waals surface area (Å²) in [5.41, 5.74) is 0.